The minimum absolute atomic E-state index is 0.152. The Kier molecular flexibility index (Phi) is 5.72. The van der Waals surface area contributed by atoms with Crippen molar-refractivity contribution >= 4 is 52.0 Å². The molecule has 2 aromatic heterocycles. The Hall–Kier alpha value is -2.59. The first-order valence-corrected chi connectivity index (χ1v) is 9.89. The van der Waals surface area contributed by atoms with Gasteiger partial charge < -0.3 is 19.6 Å². The maximum Gasteiger partial charge on any atom is 0.345 e. The highest BCUT2D eigenvalue weighted by atomic mass is 35.5. The maximum atomic E-state index is 12.0. The molecular weight excluding hydrogens is 418 g/mol. The first-order chi connectivity index (χ1) is 14.0. The lowest BCUT2D eigenvalue weighted by Gasteiger charge is -2.26. The first kappa shape index (κ1) is 19.7. The molecule has 3 heterocycles. The van der Waals surface area contributed by atoms with Gasteiger partial charge in [0.05, 0.1) is 35.6 Å². The van der Waals surface area contributed by atoms with Gasteiger partial charge in [0.15, 0.2) is 5.56 Å². The van der Waals surface area contributed by atoms with Crippen LogP contribution in [0.3, 0.4) is 0 Å². The van der Waals surface area contributed by atoms with E-state index in [4.69, 9.17) is 20.8 Å². The SMILES string of the molecule is O=C(O)c1c(Nc2c(SN3CCOCC3)cnc3ccc(Cl)cc23)occc1=O. The molecule has 8 nitrogen and oxygen atoms in total. The predicted octanol–water partition coefficient (Wildman–Crippen LogP) is 3.62. The summed E-state index contributed by atoms with van der Waals surface area (Å²) in [6.45, 7) is 2.72. The molecule has 0 amide bonds. The van der Waals surface area contributed by atoms with Crippen LogP contribution in [0, 0.1) is 0 Å². The van der Waals surface area contributed by atoms with Crippen LogP contribution in [-0.2, 0) is 4.74 Å². The number of aromatic nitrogens is 1. The van der Waals surface area contributed by atoms with E-state index in [0.29, 0.717) is 34.8 Å². The van der Waals surface area contributed by atoms with Crippen LogP contribution < -0.4 is 10.7 Å². The van der Waals surface area contributed by atoms with Crippen molar-refractivity contribution in [2.75, 3.05) is 31.6 Å². The van der Waals surface area contributed by atoms with Crippen molar-refractivity contribution in [3.63, 3.8) is 0 Å². The molecule has 1 aliphatic heterocycles. The number of benzene rings is 1. The van der Waals surface area contributed by atoms with E-state index in [-0.39, 0.29) is 5.88 Å². The van der Waals surface area contributed by atoms with Crippen molar-refractivity contribution in [3.8, 4) is 0 Å². The van der Waals surface area contributed by atoms with Gasteiger partial charge in [-0.3, -0.25) is 9.78 Å². The third-order valence-electron chi connectivity index (χ3n) is 4.32. The van der Waals surface area contributed by atoms with Crippen LogP contribution >= 0.6 is 23.5 Å². The molecule has 0 spiro atoms. The highest BCUT2D eigenvalue weighted by Crippen LogP contribution is 2.38. The number of aromatic carboxylic acids is 1. The minimum Gasteiger partial charge on any atom is -0.477 e. The standard InChI is InChI=1S/C19H16ClN3O5S/c20-11-1-2-13-12(9-11)17(15(10-21-13)29-23-4-7-27-8-5-23)22-18-16(19(25)26)14(24)3-6-28-18/h1-3,6,9-10H,4-5,7-8H2,(H,21,22)(H,25,26). The summed E-state index contributed by atoms with van der Waals surface area (Å²) in [6, 6.07) is 6.29. The average molecular weight is 434 g/mol. The second kappa shape index (κ2) is 8.42. The van der Waals surface area contributed by atoms with Gasteiger partial charge in [-0.25, -0.2) is 9.10 Å². The van der Waals surface area contributed by atoms with E-state index in [1.54, 1.807) is 24.4 Å². The number of hydrogen-bond acceptors (Lipinski definition) is 8. The predicted molar refractivity (Wildman–Crippen MR) is 110 cm³/mol. The van der Waals surface area contributed by atoms with Gasteiger partial charge in [0, 0.05) is 35.8 Å². The molecule has 1 aromatic carbocycles. The van der Waals surface area contributed by atoms with E-state index >= 15 is 0 Å². The Morgan fingerprint density at radius 2 is 2.07 bits per heavy atom. The molecule has 150 valence electrons. The molecule has 0 unspecified atom stereocenters. The van der Waals surface area contributed by atoms with Gasteiger partial charge in [-0.1, -0.05) is 11.6 Å². The molecule has 1 saturated heterocycles. The fourth-order valence-corrected chi connectivity index (χ4v) is 4.08. The molecule has 2 N–H and O–H groups in total. The molecule has 10 heteroatoms. The van der Waals surface area contributed by atoms with E-state index < -0.39 is 17.0 Å². The van der Waals surface area contributed by atoms with Crippen LogP contribution in [0.5, 0.6) is 0 Å². The number of nitrogens with zero attached hydrogens (tertiary/aromatic N) is 2. The van der Waals surface area contributed by atoms with Crippen LogP contribution in [-0.4, -0.2) is 46.7 Å². The molecule has 0 bridgehead atoms. The molecular formula is C19H16ClN3O5S. The average Bonchev–Trinajstić information content (AvgIpc) is 2.70. The van der Waals surface area contributed by atoms with Crippen molar-refractivity contribution in [2.45, 2.75) is 4.90 Å². The van der Waals surface area contributed by atoms with Gasteiger partial charge in [-0.15, -0.1) is 0 Å². The topological polar surface area (TPSA) is 105 Å². The van der Waals surface area contributed by atoms with E-state index in [1.807, 2.05) is 0 Å². The number of halogens is 1. The van der Waals surface area contributed by atoms with Gasteiger partial charge in [-0.2, -0.15) is 0 Å². The van der Waals surface area contributed by atoms with E-state index in [1.165, 1.54) is 11.9 Å². The second-order valence-electron chi connectivity index (χ2n) is 6.21. The molecule has 3 aromatic rings. The van der Waals surface area contributed by atoms with Crippen molar-refractivity contribution in [3.05, 3.63) is 57.5 Å². The third-order valence-corrected chi connectivity index (χ3v) is 5.69. The minimum atomic E-state index is -1.37. The van der Waals surface area contributed by atoms with Crippen molar-refractivity contribution in [2.24, 2.45) is 0 Å². The lowest BCUT2D eigenvalue weighted by molar-refractivity contribution is 0.0694. The van der Waals surface area contributed by atoms with Crippen molar-refractivity contribution < 1.29 is 19.1 Å². The monoisotopic (exact) mass is 433 g/mol. The number of morpholine rings is 1. The normalized spacial score (nSPS) is 14.8. The Balaban J connectivity index is 1.83. The number of pyridine rings is 1. The number of anilines is 2. The largest absolute Gasteiger partial charge is 0.477 e. The van der Waals surface area contributed by atoms with Crippen molar-refractivity contribution in [1.29, 1.82) is 0 Å². The van der Waals surface area contributed by atoms with Crippen molar-refractivity contribution in [1.82, 2.24) is 9.29 Å². The molecule has 4 rings (SSSR count). The summed E-state index contributed by atoms with van der Waals surface area (Å²) in [5.41, 5.74) is 0.107. The lowest BCUT2D eigenvalue weighted by atomic mass is 10.1. The maximum absolute atomic E-state index is 12.0. The fourth-order valence-electron chi connectivity index (χ4n) is 2.95. The van der Waals surface area contributed by atoms with Crippen LogP contribution in [0.25, 0.3) is 10.9 Å². The van der Waals surface area contributed by atoms with E-state index in [0.717, 1.165) is 30.3 Å². The first-order valence-electron chi connectivity index (χ1n) is 8.74. The van der Waals surface area contributed by atoms with Gasteiger partial charge >= 0.3 is 5.97 Å². The van der Waals surface area contributed by atoms with Crippen LogP contribution in [0.2, 0.25) is 5.02 Å². The Bertz CT molecular complexity index is 1130. The van der Waals surface area contributed by atoms with Crippen LogP contribution in [0.1, 0.15) is 10.4 Å². The number of carboxylic acid groups (broad SMARTS) is 1. The van der Waals surface area contributed by atoms with Gasteiger partial charge in [-0.05, 0) is 30.1 Å². The highest BCUT2D eigenvalue weighted by Gasteiger charge is 2.21. The molecule has 1 fully saturated rings. The zero-order valence-electron chi connectivity index (χ0n) is 15.1. The molecule has 29 heavy (non-hydrogen) atoms. The molecule has 0 aliphatic carbocycles. The number of nitrogens with one attached hydrogen (secondary N) is 1. The summed E-state index contributed by atoms with van der Waals surface area (Å²) < 4.78 is 12.9. The number of fused-ring (bicyclic) bond motifs is 1. The number of carbonyl (C=O) groups is 1. The van der Waals surface area contributed by atoms with E-state index in [9.17, 15) is 14.7 Å². The van der Waals surface area contributed by atoms with Crippen LogP contribution in [0.15, 0.2) is 50.8 Å². The van der Waals surface area contributed by atoms with Gasteiger partial charge in [0.25, 0.3) is 0 Å². The number of carboxylic acids is 1. The summed E-state index contributed by atoms with van der Waals surface area (Å²) in [4.78, 5) is 28.9. The number of hydrogen-bond donors (Lipinski definition) is 2. The zero-order chi connectivity index (χ0) is 20.4. The molecule has 0 saturated carbocycles. The van der Waals surface area contributed by atoms with Crippen LogP contribution in [0.4, 0.5) is 11.6 Å². The zero-order valence-corrected chi connectivity index (χ0v) is 16.6. The summed E-state index contributed by atoms with van der Waals surface area (Å²) >= 11 is 7.66. The molecule has 0 radical (unpaired) electrons. The number of rotatable bonds is 5. The molecule has 1 aliphatic rings. The third kappa shape index (κ3) is 4.23. The molecule has 0 atom stereocenters. The highest BCUT2D eigenvalue weighted by molar-refractivity contribution is 7.97. The lowest BCUT2D eigenvalue weighted by Crippen LogP contribution is -2.31. The smallest absolute Gasteiger partial charge is 0.345 e. The Morgan fingerprint density at radius 3 is 2.83 bits per heavy atom. The van der Waals surface area contributed by atoms with E-state index in [2.05, 4.69) is 14.6 Å². The second-order valence-corrected chi connectivity index (χ2v) is 7.79. The Morgan fingerprint density at radius 1 is 1.28 bits per heavy atom. The number of ether oxygens (including phenoxy) is 1. The van der Waals surface area contributed by atoms with Gasteiger partial charge in [0.2, 0.25) is 11.3 Å². The summed E-state index contributed by atoms with van der Waals surface area (Å²) in [5.74, 6) is -1.53. The fraction of sp³-hybridized carbons (Fsp3) is 0.211. The quantitative estimate of drug-likeness (QED) is 0.583. The Labute approximate surface area is 174 Å². The summed E-state index contributed by atoms with van der Waals surface area (Å²) in [7, 11) is 0. The summed E-state index contributed by atoms with van der Waals surface area (Å²) in [6.07, 6.45) is 2.85. The summed E-state index contributed by atoms with van der Waals surface area (Å²) in [5, 5.41) is 13.6. The van der Waals surface area contributed by atoms with Gasteiger partial charge in [0.1, 0.15) is 0 Å².